The van der Waals surface area contributed by atoms with E-state index in [1.807, 2.05) is 41.9 Å². The number of nitrogens with one attached hydrogen (secondary N) is 1. The topological polar surface area (TPSA) is 82.2 Å². The van der Waals surface area contributed by atoms with Crippen LogP contribution >= 0.6 is 0 Å². The lowest BCUT2D eigenvalue weighted by molar-refractivity contribution is 0.412. The Morgan fingerprint density at radius 1 is 1.06 bits per heavy atom. The van der Waals surface area contributed by atoms with E-state index in [1.54, 1.807) is 36.4 Å². The number of hydrogen-bond acceptors (Lipinski definition) is 6. The van der Waals surface area contributed by atoms with Crippen LogP contribution in [0, 0.1) is 12.7 Å². The lowest BCUT2D eigenvalue weighted by Crippen LogP contribution is -2.01. The Labute approximate surface area is 177 Å². The molecule has 0 aliphatic heterocycles. The summed E-state index contributed by atoms with van der Waals surface area (Å²) < 4.78 is 22.3. The van der Waals surface area contributed by atoms with Crippen molar-refractivity contribution in [3.8, 4) is 22.7 Å². The van der Waals surface area contributed by atoms with E-state index >= 15 is 0 Å². The van der Waals surface area contributed by atoms with Crippen molar-refractivity contribution in [1.29, 1.82) is 0 Å². The second-order valence-electron chi connectivity index (χ2n) is 6.89. The zero-order chi connectivity index (χ0) is 21.4. The largest absolute Gasteiger partial charge is 0.494 e. The number of halogens is 1. The van der Waals surface area contributed by atoms with Gasteiger partial charge in [-0.05, 0) is 43.3 Å². The number of methoxy groups -OCH3 is 1. The summed E-state index contributed by atoms with van der Waals surface area (Å²) in [7, 11) is 1.61. The third-order valence-corrected chi connectivity index (χ3v) is 4.81. The Bertz CT molecular complexity index is 1370. The zero-order valence-corrected chi connectivity index (χ0v) is 16.8. The molecule has 31 heavy (non-hydrogen) atoms. The minimum Gasteiger partial charge on any atom is -0.494 e. The first-order chi connectivity index (χ1) is 15.1. The molecular formula is C22H18FN7O. The van der Waals surface area contributed by atoms with E-state index in [2.05, 4.69) is 25.4 Å². The van der Waals surface area contributed by atoms with E-state index in [-0.39, 0.29) is 5.82 Å². The van der Waals surface area contributed by atoms with Gasteiger partial charge in [-0.1, -0.05) is 0 Å². The minimum absolute atomic E-state index is 0.282. The molecule has 0 saturated heterocycles. The number of anilines is 2. The second kappa shape index (κ2) is 7.52. The predicted octanol–water partition coefficient (Wildman–Crippen LogP) is 4.18. The van der Waals surface area contributed by atoms with Crippen molar-refractivity contribution in [1.82, 2.24) is 29.1 Å². The van der Waals surface area contributed by atoms with Gasteiger partial charge in [0.1, 0.15) is 29.4 Å². The van der Waals surface area contributed by atoms with Gasteiger partial charge in [-0.25, -0.2) is 24.0 Å². The monoisotopic (exact) mass is 415 g/mol. The summed E-state index contributed by atoms with van der Waals surface area (Å²) in [6.07, 6.45) is 7.03. The van der Waals surface area contributed by atoms with E-state index in [1.165, 1.54) is 12.1 Å². The van der Waals surface area contributed by atoms with Crippen LogP contribution < -0.4 is 10.1 Å². The Morgan fingerprint density at radius 2 is 1.90 bits per heavy atom. The number of rotatable bonds is 5. The van der Waals surface area contributed by atoms with Gasteiger partial charge in [0.25, 0.3) is 0 Å². The first-order valence-corrected chi connectivity index (χ1v) is 9.54. The van der Waals surface area contributed by atoms with Crippen LogP contribution in [0.4, 0.5) is 15.9 Å². The molecule has 0 saturated carbocycles. The molecule has 0 spiro atoms. The van der Waals surface area contributed by atoms with Gasteiger partial charge < -0.3 is 14.5 Å². The predicted molar refractivity (Wildman–Crippen MR) is 114 cm³/mol. The molecule has 0 radical (unpaired) electrons. The summed E-state index contributed by atoms with van der Waals surface area (Å²) in [5, 5.41) is 7.64. The molecule has 0 unspecified atom stereocenters. The van der Waals surface area contributed by atoms with Crippen LogP contribution in [0.5, 0.6) is 5.75 Å². The second-order valence-corrected chi connectivity index (χ2v) is 6.89. The van der Waals surface area contributed by atoms with Crippen LogP contribution in [0.25, 0.3) is 22.6 Å². The highest BCUT2D eigenvalue weighted by atomic mass is 19.1. The summed E-state index contributed by atoms with van der Waals surface area (Å²) in [6, 6.07) is 11.9. The fourth-order valence-electron chi connectivity index (χ4n) is 3.31. The Balaban J connectivity index is 1.49. The van der Waals surface area contributed by atoms with Crippen molar-refractivity contribution in [3.05, 3.63) is 79.0 Å². The van der Waals surface area contributed by atoms with Crippen LogP contribution in [0.1, 0.15) is 5.82 Å². The molecule has 5 aromatic rings. The maximum Gasteiger partial charge on any atom is 0.181 e. The number of aromatic nitrogens is 6. The Kier molecular flexibility index (Phi) is 4.55. The molecule has 3 heterocycles. The zero-order valence-electron chi connectivity index (χ0n) is 16.8. The molecule has 0 atom stereocenters. The first-order valence-electron chi connectivity index (χ1n) is 9.54. The molecule has 0 bridgehead atoms. The number of fused-ring (bicyclic) bond motifs is 1. The van der Waals surface area contributed by atoms with Gasteiger partial charge in [0, 0.05) is 35.9 Å². The SMILES string of the molecule is COc1cc(Nc2nccn3cc(-c4ccc(F)cc4)nc23)ccc1-n1cnc(C)n1. The highest BCUT2D eigenvalue weighted by Gasteiger charge is 2.12. The van der Waals surface area contributed by atoms with Gasteiger partial charge in [0.2, 0.25) is 0 Å². The molecule has 3 aromatic heterocycles. The maximum atomic E-state index is 13.2. The molecule has 9 heteroatoms. The Hall–Kier alpha value is -4.27. The summed E-state index contributed by atoms with van der Waals surface area (Å²) in [5.41, 5.74) is 3.76. The number of aryl methyl sites for hydroxylation is 1. The van der Waals surface area contributed by atoms with Crippen molar-refractivity contribution in [2.75, 3.05) is 12.4 Å². The van der Waals surface area contributed by atoms with E-state index in [0.29, 0.717) is 23.0 Å². The van der Waals surface area contributed by atoms with Crippen molar-refractivity contribution in [2.24, 2.45) is 0 Å². The van der Waals surface area contributed by atoms with E-state index < -0.39 is 0 Å². The van der Waals surface area contributed by atoms with Crippen LogP contribution in [0.15, 0.2) is 67.4 Å². The quantitative estimate of drug-likeness (QED) is 0.464. The van der Waals surface area contributed by atoms with Gasteiger partial charge in [-0.15, -0.1) is 0 Å². The number of nitrogens with zero attached hydrogens (tertiary/aromatic N) is 6. The molecule has 0 aliphatic rings. The van der Waals surface area contributed by atoms with Gasteiger partial charge in [-0.3, -0.25) is 0 Å². The molecule has 5 rings (SSSR count). The number of hydrogen-bond donors (Lipinski definition) is 1. The summed E-state index contributed by atoms with van der Waals surface area (Å²) in [4.78, 5) is 13.3. The summed E-state index contributed by atoms with van der Waals surface area (Å²) in [6.45, 7) is 1.83. The van der Waals surface area contributed by atoms with Crippen LogP contribution in [-0.4, -0.2) is 36.2 Å². The highest BCUT2D eigenvalue weighted by Crippen LogP contribution is 2.29. The van der Waals surface area contributed by atoms with Gasteiger partial charge in [0.05, 0.1) is 12.8 Å². The average molecular weight is 415 g/mol. The third kappa shape index (κ3) is 3.57. The van der Waals surface area contributed by atoms with Crippen LogP contribution in [0.3, 0.4) is 0 Å². The van der Waals surface area contributed by atoms with E-state index in [0.717, 1.165) is 22.6 Å². The average Bonchev–Trinajstić information content (AvgIpc) is 3.41. The van der Waals surface area contributed by atoms with Crippen molar-refractivity contribution >= 4 is 17.2 Å². The van der Waals surface area contributed by atoms with Gasteiger partial charge >= 0.3 is 0 Å². The standard InChI is InChI=1S/C22H18FN7O/c1-14-25-13-30(28-14)19-8-7-17(11-20(19)31-2)26-21-22-27-18(12-29(22)10-9-24-21)15-3-5-16(23)6-4-15/h3-13H,1-2H3,(H,24,26). The van der Waals surface area contributed by atoms with Crippen LogP contribution in [0.2, 0.25) is 0 Å². The molecule has 2 aromatic carbocycles. The fourth-order valence-corrected chi connectivity index (χ4v) is 3.31. The number of imidazole rings is 1. The van der Waals surface area contributed by atoms with Crippen molar-refractivity contribution in [2.45, 2.75) is 6.92 Å². The minimum atomic E-state index is -0.282. The van der Waals surface area contributed by atoms with Crippen molar-refractivity contribution in [3.63, 3.8) is 0 Å². The molecule has 0 amide bonds. The Morgan fingerprint density at radius 3 is 2.65 bits per heavy atom. The number of ether oxygens (including phenoxy) is 1. The summed E-state index contributed by atoms with van der Waals surface area (Å²) in [5.74, 6) is 1.62. The maximum absolute atomic E-state index is 13.2. The molecule has 1 N–H and O–H groups in total. The normalized spacial score (nSPS) is 11.1. The molecule has 0 fully saturated rings. The lowest BCUT2D eigenvalue weighted by Gasteiger charge is -2.12. The lowest BCUT2D eigenvalue weighted by atomic mass is 10.2. The summed E-state index contributed by atoms with van der Waals surface area (Å²) >= 11 is 0. The van der Waals surface area contributed by atoms with Crippen LogP contribution in [-0.2, 0) is 0 Å². The van der Waals surface area contributed by atoms with Crippen molar-refractivity contribution < 1.29 is 9.13 Å². The number of benzene rings is 2. The van der Waals surface area contributed by atoms with E-state index in [9.17, 15) is 4.39 Å². The molecular weight excluding hydrogens is 397 g/mol. The third-order valence-electron chi connectivity index (χ3n) is 4.81. The smallest absolute Gasteiger partial charge is 0.181 e. The molecule has 154 valence electrons. The first kappa shape index (κ1) is 18.7. The van der Waals surface area contributed by atoms with Gasteiger partial charge in [-0.2, -0.15) is 5.10 Å². The fraction of sp³-hybridized carbons (Fsp3) is 0.0909. The van der Waals surface area contributed by atoms with E-state index in [4.69, 9.17) is 4.74 Å². The van der Waals surface area contributed by atoms with Gasteiger partial charge in [0.15, 0.2) is 11.5 Å². The molecule has 0 aliphatic carbocycles. The highest BCUT2D eigenvalue weighted by molar-refractivity contribution is 5.74. The molecule has 8 nitrogen and oxygen atoms in total.